The van der Waals surface area contributed by atoms with Crippen molar-refractivity contribution >= 4 is 56.4 Å². The van der Waals surface area contributed by atoms with Crippen molar-refractivity contribution in [2.24, 2.45) is 0 Å². The summed E-state index contributed by atoms with van der Waals surface area (Å²) < 4.78 is 29.0. The van der Waals surface area contributed by atoms with E-state index in [1.165, 1.54) is 23.8 Å². The zero-order valence-corrected chi connectivity index (χ0v) is 24.2. The van der Waals surface area contributed by atoms with Gasteiger partial charge in [-0.25, -0.2) is 8.42 Å². The fourth-order valence-corrected chi connectivity index (χ4v) is 8.77. The van der Waals surface area contributed by atoms with E-state index in [1.807, 2.05) is 4.90 Å². The molecular weight excluding hydrogens is 567 g/mol. The minimum atomic E-state index is -3.94. The number of thiophene rings is 1. The number of nitrogens with zero attached hydrogens (tertiary/aromatic N) is 3. The Balaban J connectivity index is 1.22. The van der Waals surface area contributed by atoms with E-state index in [2.05, 4.69) is 9.62 Å². The predicted octanol–water partition coefficient (Wildman–Crippen LogP) is 4.08. The molecule has 3 aliphatic rings. The van der Waals surface area contributed by atoms with Gasteiger partial charge in [0.2, 0.25) is 11.8 Å². The number of carbonyl (C=O) groups excluding carboxylic acids is 2. The van der Waals surface area contributed by atoms with Gasteiger partial charge in [0.1, 0.15) is 10.3 Å². The third-order valence-electron chi connectivity index (χ3n) is 7.56. The van der Waals surface area contributed by atoms with E-state index in [-0.39, 0.29) is 28.6 Å². The van der Waals surface area contributed by atoms with E-state index in [0.717, 1.165) is 43.8 Å². The van der Waals surface area contributed by atoms with E-state index >= 15 is 0 Å². The van der Waals surface area contributed by atoms with Gasteiger partial charge in [-0.15, -0.1) is 11.3 Å². The van der Waals surface area contributed by atoms with Crippen LogP contribution in [0.1, 0.15) is 38.5 Å². The molecule has 0 aliphatic carbocycles. The lowest BCUT2D eigenvalue weighted by molar-refractivity contribution is -0.143. The molecule has 38 heavy (non-hydrogen) atoms. The van der Waals surface area contributed by atoms with Gasteiger partial charge in [0.05, 0.1) is 11.6 Å². The van der Waals surface area contributed by atoms with Crippen LogP contribution in [0, 0.1) is 0 Å². The van der Waals surface area contributed by atoms with Crippen molar-refractivity contribution in [3.8, 4) is 10.4 Å². The summed E-state index contributed by atoms with van der Waals surface area (Å²) in [6.07, 6.45) is 5.40. The van der Waals surface area contributed by atoms with E-state index in [4.69, 9.17) is 23.2 Å². The molecular formula is C26H32Cl2N4O4S2. The minimum Gasteiger partial charge on any atom is -0.337 e. The Morgan fingerprint density at radius 1 is 1.00 bits per heavy atom. The average molecular weight is 600 g/mol. The predicted molar refractivity (Wildman–Crippen MR) is 150 cm³/mol. The first kappa shape index (κ1) is 27.9. The molecule has 1 aromatic carbocycles. The maximum atomic E-state index is 13.2. The van der Waals surface area contributed by atoms with Gasteiger partial charge in [-0.1, -0.05) is 29.3 Å². The molecule has 5 rings (SSSR count). The highest BCUT2D eigenvalue weighted by Gasteiger charge is 2.36. The maximum absolute atomic E-state index is 13.2. The van der Waals surface area contributed by atoms with Crippen LogP contribution in [-0.4, -0.2) is 86.3 Å². The number of halogens is 2. The normalized spacial score (nSPS) is 22.9. The summed E-state index contributed by atoms with van der Waals surface area (Å²) in [5.74, 6) is -0.396. The fourth-order valence-electron chi connectivity index (χ4n) is 5.62. The van der Waals surface area contributed by atoms with Crippen LogP contribution < -0.4 is 4.72 Å². The van der Waals surface area contributed by atoms with Crippen LogP contribution >= 0.6 is 34.5 Å². The van der Waals surface area contributed by atoms with E-state index in [0.29, 0.717) is 46.4 Å². The van der Waals surface area contributed by atoms with E-state index in [1.54, 1.807) is 24.3 Å². The topological polar surface area (TPSA) is 90.0 Å². The number of sulfonamides is 1. The number of likely N-dealkylation sites (tertiary alicyclic amines) is 3. The van der Waals surface area contributed by atoms with Crippen molar-refractivity contribution in [3.63, 3.8) is 0 Å². The van der Waals surface area contributed by atoms with Crippen LogP contribution in [0.2, 0.25) is 10.0 Å². The molecule has 3 fully saturated rings. The molecule has 1 aromatic heterocycles. The number of benzene rings is 1. The van der Waals surface area contributed by atoms with Crippen LogP contribution in [0.3, 0.4) is 0 Å². The molecule has 12 heteroatoms. The van der Waals surface area contributed by atoms with Gasteiger partial charge in [0.25, 0.3) is 10.0 Å². The maximum Gasteiger partial charge on any atom is 0.250 e. The Hall–Kier alpha value is -1.69. The summed E-state index contributed by atoms with van der Waals surface area (Å²) in [5.41, 5.74) is 0.686. The second-order valence-electron chi connectivity index (χ2n) is 10.2. The summed E-state index contributed by atoms with van der Waals surface area (Å²) >= 11 is 13.3. The molecule has 0 spiro atoms. The Morgan fingerprint density at radius 3 is 2.53 bits per heavy atom. The molecule has 4 heterocycles. The molecule has 8 nitrogen and oxygen atoms in total. The van der Waals surface area contributed by atoms with Crippen molar-refractivity contribution in [1.82, 2.24) is 19.4 Å². The van der Waals surface area contributed by atoms with Crippen LogP contribution in [-0.2, 0) is 19.6 Å². The Labute approximate surface area is 237 Å². The Kier molecular flexibility index (Phi) is 8.66. The fraction of sp³-hybridized carbons (Fsp3) is 0.538. The lowest BCUT2D eigenvalue weighted by Gasteiger charge is -2.34. The molecule has 2 aromatic rings. The first-order valence-corrected chi connectivity index (χ1v) is 16.1. The molecule has 1 N–H and O–H groups in total. The number of rotatable bonds is 8. The summed E-state index contributed by atoms with van der Waals surface area (Å²) in [4.78, 5) is 33.0. The van der Waals surface area contributed by atoms with Crippen molar-refractivity contribution in [3.05, 3.63) is 40.4 Å². The summed E-state index contributed by atoms with van der Waals surface area (Å²) in [7, 11) is -3.94. The molecule has 0 unspecified atom stereocenters. The average Bonchev–Trinajstić information content (AvgIpc) is 3.64. The molecule has 0 bridgehead atoms. The van der Waals surface area contributed by atoms with Gasteiger partial charge >= 0.3 is 0 Å². The molecule has 0 radical (unpaired) electrons. The van der Waals surface area contributed by atoms with Gasteiger partial charge in [-0.3, -0.25) is 9.59 Å². The van der Waals surface area contributed by atoms with E-state index < -0.39 is 16.1 Å². The summed E-state index contributed by atoms with van der Waals surface area (Å²) in [6, 6.07) is 7.55. The van der Waals surface area contributed by atoms with Crippen LogP contribution in [0.15, 0.2) is 34.5 Å². The van der Waals surface area contributed by atoms with Crippen LogP contribution in [0.25, 0.3) is 10.4 Å². The van der Waals surface area contributed by atoms with Crippen LogP contribution in [0.4, 0.5) is 0 Å². The Morgan fingerprint density at radius 2 is 1.76 bits per heavy atom. The number of hydrogen-bond acceptors (Lipinski definition) is 6. The van der Waals surface area contributed by atoms with Gasteiger partial charge in [0.15, 0.2) is 0 Å². The molecule has 3 aliphatic heterocycles. The first-order chi connectivity index (χ1) is 18.2. The molecule has 2 atom stereocenters. The highest BCUT2D eigenvalue weighted by Crippen LogP contribution is 2.36. The van der Waals surface area contributed by atoms with E-state index in [9.17, 15) is 18.0 Å². The van der Waals surface area contributed by atoms with Crippen molar-refractivity contribution in [2.45, 2.75) is 54.8 Å². The first-order valence-electron chi connectivity index (χ1n) is 13.1. The third kappa shape index (κ3) is 6.21. The zero-order valence-electron chi connectivity index (χ0n) is 21.1. The molecule has 3 saturated heterocycles. The molecule has 2 amide bonds. The van der Waals surface area contributed by atoms with Crippen molar-refractivity contribution < 1.29 is 18.0 Å². The highest BCUT2D eigenvalue weighted by molar-refractivity contribution is 7.91. The Bertz CT molecular complexity index is 1300. The summed E-state index contributed by atoms with van der Waals surface area (Å²) in [5, 5.41) is 0.926. The van der Waals surface area contributed by atoms with Crippen molar-refractivity contribution in [2.75, 3.05) is 39.3 Å². The number of carbonyl (C=O) groups is 2. The van der Waals surface area contributed by atoms with Crippen molar-refractivity contribution in [1.29, 1.82) is 0 Å². The second kappa shape index (κ2) is 11.8. The monoisotopic (exact) mass is 598 g/mol. The third-order valence-corrected chi connectivity index (χ3v) is 11.2. The lowest BCUT2D eigenvalue weighted by atomic mass is 10.1. The highest BCUT2D eigenvalue weighted by atomic mass is 35.5. The lowest BCUT2D eigenvalue weighted by Crippen LogP contribution is -2.55. The number of piperidine rings is 1. The second-order valence-corrected chi connectivity index (χ2v) is 14.1. The molecule has 0 saturated carbocycles. The van der Waals surface area contributed by atoms with Crippen LogP contribution in [0.5, 0.6) is 0 Å². The SMILES string of the molecule is O=C1[C@@H](NS(=O)(=O)c2ccc(-c3ccc(Cl)cc3Cl)s2)CCCN1CC(=O)N1CCC[C@H]1CN1CCCC1. The van der Waals surface area contributed by atoms with Gasteiger partial charge in [0, 0.05) is 41.1 Å². The smallest absolute Gasteiger partial charge is 0.250 e. The number of amides is 2. The van der Waals surface area contributed by atoms with Gasteiger partial charge in [-0.2, -0.15) is 4.72 Å². The quantitative estimate of drug-likeness (QED) is 0.494. The van der Waals surface area contributed by atoms with Gasteiger partial charge < -0.3 is 14.7 Å². The molecule has 206 valence electrons. The minimum absolute atomic E-state index is 0.00816. The largest absolute Gasteiger partial charge is 0.337 e. The van der Waals surface area contributed by atoms with Gasteiger partial charge in [-0.05, 0) is 75.9 Å². The number of nitrogens with one attached hydrogen (secondary N) is 1. The number of hydrogen-bond donors (Lipinski definition) is 1. The standard InChI is InChI=1S/C26H32Cl2N4O4S2/c27-18-7-8-20(21(28)15-18)23-9-10-25(37-23)38(35,36)29-22-6-4-13-31(26(22)34)17-24(33)32-14-3-5-19(32)16-30-11-1-2-12-30/h7-10,15,19,22,29H,1-6,11-14,16-17H2/t19-,22-/m0/s1. The summed E-state index contributed by atoms with van der Waals surface area (Å²) in [6.45, 7) is 4.23. The zero-order chi connectivity index (χ0) is 26.9.